The topological polar surface area (TPSA) is 95.4 Å². The molecule has 0 bridgehead atoms. The van der Waals surface area contributed by atoms with Crippen LogP contribution in [0.1, 0.15) is 31.3 Å². The van der Waals surface area contributed by atoms with Crippen LogP contribution in [0.3, 0.4) is 0 Å². The highest BCUT2D eigenvalue weighted by molar-refractivity contribution is 5.89. The lowest BCUT2D eigenvalue weighted by Crippen LogP contribution is -2.25. The van der Waals surface area contributed by atoms with Gasteiger partial charge in [0.05, 0.1) is 6.20 Å². The van der Waals surface area contributed by atoms with Gasteiger partial charge in [0, 0.05) is 0 Å². The summed E-state index contributed by atoms with van der Waals surface area (Å²) in [6.45, 7) is 5.37. The minimum absolute atomic E-state index is 0.217. The van der Waals surface area contributed by atoms with Crippen LogP contribution in [0.4, 0.5) is 5.82 Å². The summed E-state index contributed by atoms with van der Waals surface area (Å²) in [6.07, 6.45) is 2.63. The molecule has 7 heteroatoms. The van der Waals surface area contributed by atoms with Gasteiger partial charge in [0.1, 0.15) is 11.9 Å². The second-order valence-electron chi connectivity index (χ2n) is 4.53. The van der Waals surface area contributed by atoms with E-state index in [1.807, 2.05) is 0 Å². The van der Waals surface area contributed by atoms with Crippen molar-refractivity contribution < 1.29 is 9.53 Å². The van der Waals surface area contributed by atoms with Gasteiger partial charge in [0.2, 0.25) is 0 Å². The first-order valence-electron chi connectivity index (χ1n) is 5.06. The first-order valence-corrected chi connectivity index (χ1v) is 5.06. The summed E-state index contributed by atoms with van der Waals surface area (Å²) in [4.78, 5) is 19.6. The number of rotatable bonds is 1. The van der Waals surface area contributed by atoms with Crippen LogP contribution in [-0.4, -0.2) is 31.2 Å². The summed E-state index contributed by atoms with van der Waals surface area (Å²) < 4.78 is 6.54. The fraction of sp³-hybridized carbons (Fsp3) is 0.400. The maximum absolute atomic E-state index is 11.9. The second-order valence-corrected chi connectivity index (χ2v) is 4.53. The zero-order chi connectivity index (χ0) is 12.6. The molecule has 0 radical (unpaired) electrons. The van der Waals surface area contributed by atoms with Gasteiger partial charge in [-0.25, -0.2) is 19.3 Å². The van der Waals surface area contributed by atoms with Gasteiger partial charge >= 0.3 is 5.97 Å². The van der Waals surface area contributed by atoms with Crippen molar-refractivity contribution in [2.45, 2.75) is 26.4 Å². The van der Waals surface area contributed by atoms with E-state index in [1.165, 1.54) is 17.0 Å². The maximum Gasteiger partial charge on any atom is 0.359 e. The minimum Gasteiger partial charge on any atom is -0.455 e. The largest absolute Gasteiger partial charge is 0.455 e. The number of esters is 1. The van der Waals surface area contributed by atoms with Gasteiger partial charge in [-0.05, 0) is 20.8 Å². The Balaban J connectivity index is 2.43. The van der Waals surface area contributed by atoms with Crippen molar-refractivity contribution >= 4 is 17.4 Å². The number of carbonyl (C=O) groups excluding carboxylic acids is 1. The quantitative estimate of drug-likeness (QED) is 0.729. The zero-order valence-corrected chi connectivity index (χ0v) is 9.84. The molecule has 0 spiro atoms. The predicted octanol–water partition coefficient (Wildman–Crippen LogP) is 0.662. The van der Waals surface area contributed by atoms with Crippen LogP contribution in [0, 0.1) is 0 Å². The predicted molar refractivity (Wildman–Crippen MR) is 60.4 cm³/mol. The number of nitrogens with zero attached hydrogens (tertiary/aromatic N) is 4. The van der Waals surface area contributed by atoms with Crippen molar-refractivity contribution in [3.63, 3.8) is 0 Å². The van der Waals surface area contributed by atoms with E-state index in [2.05, 4.69) is 15.1 Å². The fourth-order valence-electron chi connectivity index (χ4n) is 1.30. The highest BCUT2D eigenvalue weighted by atomic mass is 16.6. The van der Waals surface area contributed by atoms with E-state index in [4.69, 9.17) is 10.5 Å². The summed E-state index contributed by atoms with van der Waals surface area (Å²) in [7, 11) is 0. The Morgan fingerprint density at radius 2 is 2.12 bits per heavy atom. The van der Waals surface area contributed by atoms with E-state index >= 15 is 0 Å². The van der Waals surface area contributed by atoms with E-state index in [1.54, 1.807) is 20.8 Å². The summed E-state index contributed by atoms with van der Waals surface area (Å²) in [6, 6.07) is 0. The molecule has 0 aromatic carbocycles. The maximum atomic E-state index is 11.9. The molecule has 17 heavy (non-hydrogen) atoms. The highest BCUT2D eigenvalue weighted by Gasteiger charge is 2.22. The lowest BCUT2D eigenvalue weighted by Gasteiger charge is -2.18. The summed E-state index contributed by atoms with van der Waals surface area (Å²) in [5.74, 6) is -0.280. The normalized spacial score (nSPS) is 11.7. The van der Waals surface area contributed by atoms with Crippen LogP contribution >= 0.6 is 0 Å². The molecule has 0 aliphatic heterocycles. The van der Waals surface area contributed by atoms with Gasteiger partial charge in [-0.1, -0.05) is 0 Å². The van der Waals surface area contributed by atoms with Crippen LogP contribution < -0.4 is 5.73 Å². The Morgan fingerprint density at radius 1 is 1.41 bits per heavy atom. The van der Waals surface area contributed by atoms with Crippen LogP contribution in [0.5, 0.6) is 0 Å². The fourth-order valence-corrected chi connectivity index (χ4v) is 1.30. The summed E-state index contributed by atoms with van der Waals surface area (Å²) in [5.41, 5.74) is 5.61. The molecule has 2 aromatic rings. The molecule has 0 unspecified atom stereocenters. The molecule has 0 atom stereocenters. The van der Waals surface area contributed by atoms with Crippen molar-refractivity contribution in [2.75, 3.05) is 5.73 Å². The number of nitrogens with two attached hydrogens (primary N) is 1. The number of fused-ring (bicyclic) bond motifs is 1. The number of hydrogen-bond donors (Lipinski definition) is 1. The standard InChI is InChI=1S/C10H13N5O2/c1-10(2,3)17-9(16)6-4-12-8-7(11)13-5-14-15(6)8/h4-5H,1-3H3,(H2,11,13,14). The molecule has 0 aliphatic rings. The van der Waals surface area contributed by atoms with Gasteiger partial charge < -0.3 is 10.5 Å². The number of ether oxygens (including phenoxy) is 1. The molecule has 0 fully saturated rings. The van der Waals surface area contributed by atoms with E-state index in [9.17, 15) is 4.79 Å². The Bertz CT molecular complexity index is 570. The number of hydrogen-bond acceptors (Lipinski definition) is 6. The van der Waals surface area contributed by atoms with Crippen molar-refractivity contribution in [3.8, 4) is 0 Å². The molecule has 0 saturated heterocycles. The molecule has 0 saturated carbocycles. The molecular formula is C10H13N5O2. The molecule has 2 heterocycles. The highest BCUT2D eigenvalue weighted by Crippen LogP contribution is 2.14. The monoisotopic (exact) mass is 235 g/mol. The number of aromatic nitrogens is 4. The summed E-state index contributed by atoms with van der Waals surface area (Å²) in [5, 5.41) is 3.92. The van der Waals surface area contributed by atoms with Gasteiger partial charge in [-0.15, -0.1) is 0 Å². The van der Waals surface area contributed by atoms with Crippen LogP contribution in [-0.2, 0) is 4.74 Å². The molecule has 0 amide bonds. The lowest BCUT2D eigenvalue weighted by molar-refractivity contribution is 0.00603. The number of anilines is 1. The second kappa shape index (κ2) is 3.69. The smallest absolute Gasteiger partial charge is 0.359 e. The van der Waals surface area contributed by atoms with E-state index in [0.717, 1.165) is 0 Å². The third-order valence-electron chi connectivity index (χ3n) is 1.94. The van der Waals surface area contributed by atoms with E-state index in [-0.39, 0.29) is 11.5 Å². The van der Waals surface area contributed by atoms with E-state index in [0.29, 0.717) is 5.65 Å². The first kappa shape index (κ1) is 11.3. The number of imidazole rings is 1. The SMILES string of the molecule is CC(C)(C)OC(=O)c1cnc2c(N)ncnn12. The van der Waals surface area contributed by atoms with Crippen LogP contribution in [0.2, 0.25) is 0 Å². The first-order chi connectivity index (χ1) is 7.88. The van der Waals surface area contributed by atoms with Crippen molar-refractivity contribution in [1.29, 1.82) is 0 Å². The van der Waals surface area contributed by atoms with Gasteiger partial charge in [-0.2, -0.15) is 5.10 Å². The lowest BCUT2D eigenvalue weighted by atomic mass is 10.2. The molecule has 90 valence electrons. The van der Waals surface area contributed by atoms with Crippen LogP contribution in [0.15, 0.2) is 12.5 Å². The Hall–Kier alpha value is -2.18. The number of nitrogen functional groups attached to an aromatic ring is 1. The molecule has 2 aromatic heterocycles. The van der Waals surface area contributed by atoms with Crippen molar-refractivity contribution in [1.82, 2.24) is 19.6 Å². The Labute approximate surface area is 97.6 Å². The average molecular weight is 235 g/mol. The molecule has 7 nitrogen and oxygen atoms in total. The molecule has 2 rings (SSSR count). The van der Waals surface area contributed by atoms with Crippen LogP contribution in [0.25, 0.3) is 5.65 Å². The summed E-state index contributed by atoms with van der Waals surface area (Å²) >= 11 is 0. The Kier molecular flexibility index (Phi) is 2.45. The molecular weight excluding hydrogens is 222 g/mol. The van der Waals surface area contributed by atoms with Gasteiger partial charge in [0.25, 0.3) is 0 Å². The van der Waals surface area contributed by atoms with Gasteiger partial charge in [-0.3, -0.25) is 0 Å². The Morgan fingerprint density at radius 3 is 2.76 bits per heavy atom. The van der Waals surface area contributed by atoms with Crippen molar-refractivity contribution in [2.24, 2.45) is 0 Å². The van der Waals surface area contributed by atoms with Crippen molar-refractivity contribution in [3.05, 3.63) is 18.2 Å². The number of carbonyl (C=O) groups is 1. The average Bonchev–Trinajstić information content (AvgIpc) is 2.60. The molecule has 2 N–H and O–H groups in total. The zero-order valence-electron chi connectivity index (χ0n) is 9.84. The van der Waals surface area contributed by atoms with E-state index < -0.39 is 11.6 Å². The third kappa shape index (κ3) is 2.17. The third-order valence-corrected chi connectivity index (χ3v) is 1.94. The molecule has 0 aliphatic carbocycles. The minimum atomic E-state index is -0.570. The van der Waals surface area contributed by atoms with Gasteiger partial charge in [0.15, 0.2) is 17.2 Å².